The van der Waals surface area contributed by atoms with Crippen LogP contribution in [0.1, 0.15) is 25.0 Å². The molecule has 0 saturated carbocycles. The molecule has 0 aliphatic carbocycles. The average Bonchev–Trinajstić information content (AvgIpc) is 2.77. The van der Waals surface area contributed by atoms with Crippen LogP contribution >= 0.6 is 0 Å². The van der Waals surface area contributed by atoms with E-state index in [9.17, 15) is 4.79 Å². The van der Waals surface area contributed by atoms with Crippen molar-refractivity contribution in [1.82, 2.24) is 19.9 Å². The third kappa shape index (κ3) is 2.38. The molecule has 2 rings (SSSR count). The Labute approximate surface area is 93.9 Å². The molecule has 1 amide bonds. The van der Waals surface area contributed by atoms with Crippen LogP contribution in [0.5, 0.6) is 0 Å². The van der Waals surface area contributed by atoms with Crippen molar-refractivity contribution in [3.8, 4) is 0 Å². The van der Waals surface area contributed by atoms with Gasteiger partial charge in [-0.25, -0.2) is 4.68 Å². The number of piperidine rings is 1. The molecule has 0 aromatic carbocycles. The van der Waals surface area contributed by atoms with E-state index in [0.29, 0.717) is 5.69 Å². The second-order valence-corrected chi connectivity index (χ2v) is 3.98. The van der Waals surface area contributed by atoms with Gasteiger partial charge < -0.3 is 10.0 Å². The number of hydrogen-bond donors (Lipinski definition) is 1. The predicted octanol–water partition coefficient (Wildman–Crippen LogP) is -0.217. The summed E-state index contributed by atoms with van der Waals surface area (Å²) in [4.78, 5) is 13.7. The van der Waals surface area contributed by atoms with Crippen molar-refractivity contribution in [2.24, 2.45) is 0 Å². The van der Waals surface area contributed by atoms with E-state index in [1.54, 1.807) is 0 Å². The zero-order valence-electron chi connectivity index (χ0n) is 9.17. The molecule has 6 nitrogen and oxygen atoms in total. The van der Waals surface area contributed by atoms with Crippen LogP contribution in [0.25, 0.3) is 0 Å². The molecule has 2 heterocycles. The van der Waals surface area contributed by atoms with Gasteiger partial charge in [-0.1, -0.05) is 5.21 Å². The monoisotopic (exact) mass is 224 g/mol. The Balaban J connectivity index is 1.95. The third-order valence-corrected chi connectivity index (χ3v) is 2.85. The summed E-state index contributed by atoms with van der Waals surface area (Å²) in [5, 5.41) is 16.5. The molecule has 88 valence electrons. The average molecular weight is 224 g/mol. The van der Waals surface area contributed by atoms with Crippen LogP contribution in [0.2, 0.25) is 0 Å². The summed E-state index contributed by atoms with van der Waals surface area (Å²) < 4.78 is 1.46. The minimum atomic E-state index is -0.139. The Hall–Kier alpha value is -1.43. The van der Waals surface area contributed by atoms with Gasteiger partial charge in [-0.05, 0) is 19.3 Å². The maximum absolute atomic E-state index is 11.9. The number of nitrogens with zero attached hydrogens (tertiary/aromatic N) is 4. The van der Waals surface area contributed by atoms with Crippen LogP contribution in [0, 0.1) is 0 Å². The summed E-state index contributed by atoms with van der Waals surface area (Å²) in [5.41, 5.74) is 0.574. The molecule has 16 heavy (non-hydrogen) atoms. The first-order valence-electron chi connectivity index (χ1n) is 5.57. The lowest BCUT2D eigenvalue weighted by Crippen LogP contribution is -2.38. The van der Waals surface area contributed by atoms with Gasteiger partial charge in [-0.2, -0.15) is 0 Å². The molecular formula is C10H16N4O2. The highest BCUT2D eigenvalue weighted by Gasteiger charge is 2.17. The second kappa shape index (κ2) is 5.07. The molecule has 1 aliphatic heterocycles. The van der Waals surface area contributed by atoms with E-state index in [1.165, 1.54) is 17.3 Å². The topological polar surface area (TPSA) is 71.2 Å². The molecule has 6 heteroatoms. The number of likely N-dealkylation sites (tertiary alicyclic amines) is 1. The Morgan fingerprint density at radius 2 is 2.12 bits per heavy atom. The number of carbonyl (C=O) groups is 1. The van der Waals surface area contributed by atoms with E-state index < -0.39 is 0 Å². The molecule has 1 aliphatic rings. The number of hydrogen-bond acceptors (Lipinski definition) is 4. The fourth-order valence-electron chi connectivity index (χ4n) is 1.91. The highest BCUT2D eigenvalue weighted by Crippen LogP contribution is 2.09. The van der Waals surface area contributed by atoms with Crippen molar-refractivity contribution in [3.05, 3.63) is 11.9 Å². The van der Waals surface area contributed by atoms with Gasteiger partial charge in [-0.3, -0.25) is 4.79 Å². The van der Waals surface area contributed by atoms with Crippen molar-refractivity contribution >= 4 is 5.91 Å². The van der Waals surface area contributed by atoms with Crippen LogP contribution in [0.15, 0.2) is 6.20 Å². The van der Waals surface area contributed by atoms with Crippen LogP contribution in [0.3, 0.4) is 0 Å². The van der Waals surface area contributed by atoms with E-state index in [1.807, 2.05) is 4.90 Å². The lowest BCUT2D eigenvalue weighted by molar-refractivity contribution is -0.133. The highest BCUT2D eigenvalue weighted by atomic mass is 16.3. The smallest absolute Gasteiger partial charge is 0.244 e. The zero-order valence-corrected chi connectivity index (χ0v) is 9.17. The van der Waals surface area contributed by atoms with Crippen molar-refractivity contribution in [2.45, 2.75) is 32.4 Å². The summed E-state index contributed by atoms with van der Waals surface area (Å²) in [6.07, 6.45) is 4.84. The Kier molecular flexibility index (Phi) is 3.51. The van der Waals surface area contributed by atoms with Gasteiger partial charge in [0, 0.05) is 13.1 Å². The molecule has 1 aromatic heterocycles. The van der Waals surface area contributed by atoms with Gasteiger partial charge in [0.25, 0.3) is 0 Å². The van der Waals surface area contributed by atoms with Gasteiger partial charge in [0.1, 0.15) is 6.54 Å². The SMILES string of the molecule is O=C(Cn1nncc1CO)N1CCCCC1. The van der Waals surface area contributed by atoms with E-state index >= 15 is 0 Å². The number of aromatic nitrogens is 3. The van der Waals surface area contributed by atoms with Crippen LogP contribution in [-0.2, 0) is 17.9 Å². The van der Waals surface area contributed by atoms with Gasteiger partial charge in [-0.15, -0.1) is 5.10 Å². The van der Waals surface area contributed by atoms with Crippen LogP contribution < -0.4 is 0 Å². The van der Waals surface area contributed by atoms with Crippen LogP contribution in [-0.4, -0.2) is 44.0 Å². The lowest BCUT2D eigenvalue weighted by atomic mass is 10.1. The molecular weight excluding hydrogens is 208 g/mol. The van der Waals surface area contributed by atoms with Crippen molar-refractivity contribution in [1.29, 1.82) is 0 Å². The molecule has 1 N–H and O–H groups in total. The molecule has 1 aromatic rings. The van der Waals surface area contributed by atoms with E-state index in [4.69, 9.17) is 5.11 Å². The molecule has 1 fully saturated rings. The van der Waals surface area contributed by atoms with E-state index in [2.05, 4.69) is 10.3 Å². The lowest BCUT2D eigenvalue weighted by Gasteiger charge is -2.26. The molecule has 0 atom stereocenters. The molecule has 0 unspecified atom stereocenters. The van der Waals surface area contributed by atoms with Crippen molar-refractivity contribution in [2.75, 3.05) is 13.1 Å². The first kappa shape index (κ1) is 11.1. The summed E-state index contributed by atoms with van der Waals surface area (Å²) >= 11 is 0. The third-order valence-electron chi connectivity index (χ3n) is 2.85. The summed E-state index contributed by atoms with van der Waals surface area (Å²) in [6.45, 7) is 1.71. The minimum absolute atomic E-state index is 0.0555. The Bertz CT molecular complexity index is 357. The summed E-state index contributed by atoms with van der Waals surface area (Å²) in [6, 6.07) is 0. The molecule has 0 radical (unpaired) electrons. The summed E-state index contributed by atoms with van der Waals surface area (Å²) in [5.74, 6) is 0.0555. The standard InChI is InChI=1S/C10H16N4O2/c15-8-9-6-11-12-14(9)7-10(16)13-4-2-1-3-5-13/h6,15H,1-5,7-8H2. The van der Waals surface area contributed by atoms with Gasteiger partial charge in [0.15, 0.2) is 0 Å². The minimum Gasteiger partial charge on any atom is -0.390 e. The van der Waals surface area contributed by atoms with Gasteiger partial charge in [0.05, 0.1) is 18.5 Å². The molecule has 0 spiro atoms. The zero-order chi connectivity index (χ0) is 11.4. The number of aliphatic hydroxyl groups is 1. The molecule has 0 bridgehead atoms. The van der Waals surface area contributed by atoms with Gasteiger partial charge >= 0.3 is 0 Å². The predicted molar refractivity (Wildman–Crippen MR) is 56.4 cm³/mol. The normalized spacial score (nSPS) is 16.4. The first-order valence-corrected chi connectivity index (χ1v) is 5.57. The fraction of sp³-hybridized carbons (Fsp3) is 0.700. The maximum Gasteiger partial charge on any atom is 0.244 e. The number of carbonyl (C=O) groups excluding carboxylic acids is 1. The fourth-order valence-corrected chi connectivity index (χ4v) is 1.91. The van der Waals surface area contributed by atoms with Crippen LogP contribution in [0.4, 0.5) is 0 Å². The number of rotatable bonds is 3. The van der Waals surface area contributed by atoms with Crippen molar-refractivity contribution in [3.63, 3.8) is 0 Å². The van der Waals surface area contributed by atoms with E-state index in [-0.39, 0.29) is 19.1 Å². The summed E-state index contributed by atoms with van der Waals surface area (Å²) in [7, 11) is 0. The highest BCUT2D eigenvalue weighted by molar-refractivity contribution is 5.76. The van der Waals surface area contributed by atoms with E-state index in [0.717, 1.165) is 25.9 Å². The maximum atomic E-state index is 11.9. The van der Waals surface area contributed by atoms with Crippen molar-refractivity contribution < 1.29 is 9.90 Å². The first-order chi connectivity index (χ1) is 7.81. The quantitative estimate of drug-likeness (QED) is 0.770. The number of aliphatic hydroxyl groups excluding tert-OH is 1. The van der Waals surface area contributed by atoms with Gasteiger partial charge in [0.2, 0.25) is 5.91 Å². The number of amides is 1. The Morgan fingerprint density at radius 3 is 2.81 bits per heavy atom. The largest absolute Gasteiger partial charge is 0.390 e. The second-order valence-electron chi connectivity index (χ2n) is 3.98. The molecule has 1 saturated heterocycles. The Morgan fingerprint density at radius 1 is 1.38 bits per heavy atom.